The molecule has 1 amide bonds. The third-order valence-corrected chi connectivity index (χ3v) is 4.05. The van der Waals surface area contributed by atoms with Crippen LogP contribution in [0.15, 0.2) is 0 Å². The summed E-state index contributed by atoms with van der Waals surface area (Å²) in [5.74, 6) is 0.0675. The average Bonchev–Trinajstić information content (AvgIpc) is 2.77. The predicted octanol–water partition coefficient (Wildman–Crippen LogP) is 1.45. The van der Waals surface area contributed by atoms with Gasteiger partial charge in [-0.3, -0.25) is 4.79 Å². The lowest BCUT2D eigenvalue weighted by molar-refractivity contribution is -0.126. The Kier molecular flexibility index (Phi) is 7.48. The fourth-order valence-corrected chi connectivity index (χ4v) is 3.20. The number of primary amides is 1. The molecule has 2 atom stereocenters. The molecular weight excluding hydrogens is 256 g/mol. The first-order chi connectivity index (χ1) is 9.53. The summed E-state index contributed by atoms with van der Waals surface area (Å²) in [7, 11) is 1.69. The number of carbonyl (C=O) groups excluding carboxylic acids is 1. The van der Waals surface area contributed by atoms with Crippen LogP contribution in [0.3, 0.4) is 0 Å². The minimum Gasteiger partial charge on any atom is -0.385 e. The normalized spacial score (nSPS) is 26.3. The number of nitrogens with one attached hydrogen (secondary N) is 1. The number of ether oxygens (including phenoxy) is 2. The molecule has 0 radical (unpaired) electrons. The summed E-state index contributed by atoms with van der Waals surface area (Å²) < 4.78 is 10.6. The molecule has 0 aromatic carbocycles. The van der Waals surface area contributed by atoms with E-state index in [9.17, 15) is 4.79 Å². The number of carbonyl (C=O) groups is 1. The largest absolute Gasteiger partial charge is 0.385 e. The molecule has 0 aromatic heterocycles. The Balaban J connectivity index is 2.43. The van der Waals surface area contributed by atoms with Gasteiger partial charge in [0.2, 0.25) is 5.91 Å². The van der Waals surface area contributed by atoms with Crippen LogP contribution in [-0.2, 0) is 14.3 Å². The maximum absolute atomic E-state index is 11.9. The molecule has 1 fully saturated rings. The molecule has 0 heterocycles. The molecule has 0 bridgehead atoms. The Morgan fingerprint density at radius 2 is 2.15 bits per heavy atom. The van der Waals surface area contributed by atoms with E-state index in [0.29, 0.717) is 13.2 Å². The lowest BCUT2D eigenvalue weighted by Gasteiger charge is -2.35. The van der Waals surface area contributed by atoms with Gasteiger partial charge in [0.05, 0.1) is 0 Å². The van der Waals surface area contributed by atoms with E-state index in [4.69, 9.17) is 15.2 Å². The molecule has 0 aliphatic heterocycles. The highest BCUT2D eigenvalue weighted by Gasteiger charge is 2.47. The van der Waals surface area contributed by atoms with Crippen molar-refractivity contribution in [3.05, 3.63) is 0 Å². The van der Waals surface area contributed by atoms with Gasteiger partial charge in [0.25, 0.3) is 0 Å². The molecule has 1 aliphatic rings. The van der Waals surface area contributed by atoms with Gasteiger partial charge in [-0.25, -0.2) is 0 Å². The van der Waals surface area contributed by atoms with E-state index in [1.54, 1.807) is 7.11 Å². The quantitative estimate of drug-likeness (QED) is 0.596. The molecule has 2 unspecified atom stereocenters. The lowest BCUT2D eigenvalue weighted by atomic mass is 9.83. The van der Waals surface area contributed by atoms with Crippen LogP contribution in [0, 0.1) is 5.92 Å². The number of hydrogen-bond donors (Lipinski definition) is 2. The van der Waals surface area contributed by atoms with Gasteiger partial charge >= 0.3 is 0 Å². The van der Waals surface area contributed by atoms with E-state index < -0.39 is 5.54 Å². The van der Waals surface area contributed by atoms with Gasteiger partial charge in [-0.2, -0.15) is 0 Å². The fraction of sp³-hybridized carbons (Fsp3) is 0.933. The van der Waals surface area contributed by atoms with Crippen LogP contribution in [-0.4, -0.2) is 44.4 Å². The first kappa shape index (κ1) is 17.4. The number of rotatable bonds is 10. The van der Waals surface area contributed by atoms with Crippen LogP contribution in [0.4, 0.5) is 0 Å². The molecule has 20 heavy (non-hydrogen) atoms. The Bertz CT molecular complexity index is 297. The molecule has 1 rings (SSSR count). The summed E-state index contributed by atoms with van der Waals surface area (Å²) in [6.07, 6.45) is 4.73. The van der Waals surface area contributed by atoms with Crippen molar-refractivity contribution in [2.24, 2.45) is 11.7 Å². The van der Waals surface area contributed by atoms with Gasteiger partial charge in [0.1, 0.15) is 5.54 Å². The zero-order valence-electron chi connectivity index (χ0n) is 13.1. The fourth-order valence-electron chi connectivity index (χ4n) is 3.20. The SMILES string of the molecule is COCCCOCCC1CCCC1(NC(C)C)C(N)=O. The molecular formula is C15H30N2O3. The molecule has 0 saturated heterocycles. The van der Waals surface area contributed by atoms with Crippen molar-refractivity contribution >= 4 is 5.91 Å². The smallest absolute Gasteiger partial charge is 0.238 e. The maximum Gasteiger partial charge on any atom is 0.238 e. The van der Waals surface area contributed by atoms with Gasteiger partial charge in [-0.15, -0.1) is 0 Å². The van der Waals surface area contributed by atoms with Crippen molar-refractivity contribution in [1.29, 1.82) is 0 Å². The van der Waals surface area contributed by atoms with Crippen molar-refractivity contribution in [2.75, 3.05) is 26.9 Å². The van der Waals surface area contributed by atoms with Gasteiger partial charge < -0.3 is 20.5 Å². The highest BCUT2D eigenvalue weighted by atomic mass is 16.5. The Labute approximate surface area is 122 Å². The first-order valence-corrected chi connectivity index (χ1v) is 7.67. The van der Waals surface area contributed by atoms with E-state index in [1.165, 1.54) is 0 Å². The number of nitrogens with two attached hydrogens (primary N) is 1. The summed E-state index contributed by atoms with van der Waals surface area (Å²) in [6.45, 7) is 6.23. The summed E-state index contributed by atoms with van der Waals surface area (Å²) in [6, 6.07) is 0.255. The summed E-state index contributed by atoms with van der Waals surface area (Å²) in [5.41, 5.74) is 5.14. The average molecular weight is 286 g/mol. The van der Waals surface area contributed by atoms with Crippen molar-refractivity contribution in [3.63, 3.8) is 0 Å². The van der Waals surface area contributed by atoms with Crippen LogP contribution < -0.4 is 11.1 Å². The highest BCUT2D eigenvalue weighted by Crippen LogP contribution is 2.38. The molecule has 5 nitrogen and oxygen atoms in total. The zero-order chi connectivity index (χ0) is 15.0. The lowest BCUT2D eigenvalue weighted by Crippen LogP contribution is -2.60. The molecule has 1 aliphatic carbocycles. The molecule has 0 spiro atoms. The van der Waals surface area contributed by atoms with Crippen molar-refractivity contribution in [2.45, 2.75) is 57.5 Å². The molecule has 1 saturated carbocycles. The summed E-state index contributed by atoms with van der Waals surface area (Å²) >= 11 is 0. The highest BCUT2D eigenvalue weighted by molar-refractivity contribution is 5.85. The zero-order valence-corrected chi connectivity index (χ0v) is 13.1. The van der Waals surface area contributed by atoms with E-state index >= 15 is 0 Å². The van der Waals surface area contributed by atoms with Crippen LogP contribution in [0.2, 0.25) is 0 Å². The molecule has 3 N–H and O–H groups in total. The monoisotopic (exact) mass is 286 g/mol. The minimum absolute atomic E-state index is 0.215. The van der Waals surface area contributed by atoms with Crippen molar-refractivity contribution < 1.29 is 14.3 Å². The van der Waals surface area contributed by atoms with Crippen molar-refractivity contribution in [3.8, 4) is 0 Å². The predicted molar refractivity (Wildman–Crippen MR) is 79.5 cm³/mol. The van der Waals surface area contributed by atoms with E-state index in [0.717, 1.165) is 38.7 Å². The Hall–Kier alpha value is -0.650. The van der Waals surface area contributed by atoms with E-state index in [2.05, 4.69) is 19.2 Å². The maximum atomic E-state index is 11.9. The third-order valence-electron chi connectivity index (χ3n) is 4.05. The van der Waals surface area contributed by atoms with Gasteiger partial charge in [-0.05, 0) is 45.4 Å². The topological polar surface area (TPSA) is 73.6 Å². The second kappa shape index (κ2) is 8.60. The van der Waals surface area contributed by atoms with Crippen LogP contribution in [0.1, 0.15) is 46.0 Å². The summed E-state index contributed by atoms with van der Waals surface area (Å²) in [4.78, 5) is 11.9. The Morgan fingerprint density at radius 3 is 2.75 bits per heavy atom. The van der Waals surface area contributed by atoms with E-state index in [-0.39, 0.29) is 17.9 Å². The number of amides is 1. The minimum atomic E-state index is -0.538. The third kappa shape index (κ3) is 4.72. The first-order valence-electron chi connectivity index (χ1n) is 7.67. The molecule has 118 valence electrons. The second-order valence-electron chi connectivity index (χ2n) is 5.97. The van der Waals surface area contributed by atoms with Gasteiger partial charge in [-0.1, -0.05) is 6.42 Å². The summed E-state index contributed by atoms with van der Waals surface area (Å²) in [5, 5.41) is 3.42. The standard InChI is InChI=1S/C15H30N2O3/c1-12(2)17-15(14(16)18)8-4-6-13(15)7-11-20-10-5-9-19-3/h12-13,17H,4-11H2,1-3H3,(H2,16,18). The number of hydrogen-bond acceptors (Lipinski definition) is 4. The Morgan fingerprint density at radius 1 is 1.40 bits per heavy atom. The van der Waals surface area contributed by atoms with Crippen LogP contribution in [0.25, 0.3) is 0 Å². The number of methoxy groups -OCH3 is 1. The second-order valence-corrected chi connectivity index (χ2v) is 5.97. The van der Waals surface area contributed by atoms with Crippen molar-refractivity contribution in [1.82, 2.24) is 5.32 Å². The van der Waals surface area contributed by atoms with Crippen LogP contribution >= 0.6 is 0 Å². The van der Waals surface area contributed by atoms with Gasteiger partial charge in [0, 0.05) is 33.0 Å². The molecule has 0 aromatic rings. The molecule has 5 heteroatoms. The van der Waals surface area contributed by atoms with Crippen LogP contribution in [0.5, 0.6) is 0 Å². The van der Waals surface area contributed by atoms with Gasteiger partial charge in [0.15, 0.2) is 0 Å². The van der Waals surface area contributed by atoms with E-state index in [1.807, 2.05) is 0 Å².